The van der Waals surface area contributed by atoms with Crippen LogP contribution in [0, 0.1) is 5.82 Å². The van der Waals surface area contributed by atoms with E-state index in [2.05, 4.69) is 16.9 Å². The number of nitrogens with one attached hydrogen (secondary N) is 1. The quantitative estimate of drug-likeness (QED) is 0.683. The molecule has 0 saturated heterocycles. The zero-order valence-electron chi connectivity index (χ0n) is 7.66. The molecule has 0 aromatic carbocycles. The van der Waals surface area contributed by atoms with E-state index in [9.17, 15) is 4.39 Å². The van der Waals surface area contributed by atoms with Gasteiger partial charge < -0.3 is 10.1 Å². The van der Waals surface area contributed by atoms with Crippen LogP contribution in [0.1, 0.15) is 5.56 Å². The first kappa shape index (κ1) is 9.15. The van der Waals surface area contributed by atoms with Crippen LogP contribution in [-0.4, -0.2) is 17.6 Å². The van der Waals surface area contributed by atoms with Gasteiger partial charge >= 0.3 is 0 Å². The minimum atomic E-state index is -0.408. The largest absolute Gasteiger partial charge is 0.488 e. The number of pyridine rings is 1. The number of halogens is 1. The Morgan fingerprint density at radius 2 is 2.50 bits per heavy atom. The average Bonchev–Trinajstić information content (AvgIpc) is 2.41. The third-order valence-corrected chi connectivity index (χ3v) is 2.17. The summed E-state index contributed by atoms with van der Waals surface area (Å²) >= 11 is 0. The molecule has 4 heteroatoms. The molecule has 1 aliphatic rings. The van der Waals surface area contributed by atoms with Crippen molar-refractivity contribution in [3.8, 4) is 5.75 Å². The minimum Gasteiger partial charge on any atom is -0.488 e. The lowest BCUT2D eigenvalue weighted by Crippen LogP contribution is -2.29. The summed E-state index contributed by atoms with van der Waals surface area (Å²) in [5.41, 5.74) is 0.745. The summed E-state index contributed by atoms with van der Waals surface area (Å²) in [5, 5.41) is 3.16. The van der Waals surface area contributed by atoms with E-state index in [1.165, 1.54) is 0 Å². The minimum absolute atomic E-state index is 0.0572. The Kier molecular flexibility index (Phi) is 2.45. The van der Waals surface area contributed by atoms with Crippen LogP contribution < -0.4 is 10.1 Å². The molecule has 0 saturated carbocycles. The normalized spacial score (nSPS) is 20.5. The second kappa shape index (κ2) is 3.75. The fourth-order valence-electron chi connectivity index (χ4n) is 1.38. The first-order chi connectivity index (χ1) is 6.81. The van der Waals surface area contributed by atoms with E-state index >= 15 is 0 Å². The highest BCUT2D eigenvalue weighted by Gasteiger charge is 2.17. The lowest BCUT2D eigenvalue weighted by Gasteiger charge is -2.09. The second-order valence-electron chi connectivity index (χ2n) is 3.14. The first-order valence-corrected chi connectivity index (χ1v) is 4.42. The van der Waals surface area contributed by atoms with Gasteiger partial charge in [-0.05, 0) is 0 Å². The van der Waals surface area contributed by atoms with Gasteiger partial charge in [0.15, 0.2) is 11.6 Å². The molecule has 14 heavy (non-hydrogen) atoms. The van der Waals surface area contributed by atoms with E-state index in [1.807, 2.05) is 0 Å². The predicted molar refractivity (Wildman–Crippen MR) is 50.5 cm³/mol. The molecule has 0 aliphatic carbocycles. The molecule has 0 bridgehead atoms. The number of hydrogen-bond acceptors (Lipinski definition) is 3. The Hall–Kier alpha value is -1.42. The van der Waals surface area contributed by atoms with Crippen LogP contribution in [0.2, 0.25) is 0 Å². The maximum atomic E-state index is 13.2. The Labute approximate surface area is 81.6 Å². The zero-order valence-corrected chi connectivity index (χ0v) is 7.66. The Morgan fingerprint density at radius 3 is 3.29 bits per heavy atom. The van der Waals surface area contributed by atoms with Crippen LogP contribution in [0.3, 0.4) is 0 Å². The van der Waals surface area contributed by atoms with Gasteiger partial charge in [-0.15, -0.1) is 6.58 Å². The predicted octanol–water partition coefficient (Wildman–Crippen LogP) is 1.26. The molecule has 1 atom stereocenters. The molecular weight excluding hydrogens is 183 g/mol. The molecule has 2 heterocycles. The van der Waals surface area contributed by atoms with Crippen molar-refractivity contribution in [2.24, 2.45) is 0 Å². The van der Waals surface area contributed by atoms with E-state index in [1.54, 1.807) is 12.3 Å². The van der Waals surface area contributed by atoms with Crippen LogP contribution in [0.25, 0.3) is 0 Å². The molecular formula is C10H11FN2O. The molecule has 1 aromatic heterocycles. The van der Waals surface area contributed by atoms with Crippen molar-refractivity contribution < 1.29 is 9.13 Å². The van der Waals surface area contributed by atoms with Crippen LogP contribution in [0.5, 0.6) is 5.75 Å². The van der Waals surface area contributed by atoms with Gasteiger partial charge in [-0.3, -0.25) is 4.98 Å². The summed E-state index contributed by atoms with van der Waals surface area (Å²) in [6.07, 6.45) is 4.52. The molecule has 0 fully saturated rings. The lowest BCUT2D eigenvalue weighted by molar-refractivity contribution is 0.286. The molecule has 2 rings (SSSR count). The Balaban J connectivity index is 2.29. The summed E-state index contributed by atoms with van der Waals surface area (Å²) in [6, 6.07) is 0.0572. The molecule has 1 aromatic rings. The van der Waals surface area contributed by atoms with E-state index < -0.39 is 5.82 Å². The monoisotopic (exact) mass is 194 g/mol. The van der Waals surface area contributed by atoms with Gasteiger partial charge in [-0.25, -0.2) is 4.39 Å². The number of fused-ring (bicyclic) bond motifs is 1. The summed E-state index contributed by atoms with van der Waals surface area (Å²) in [6.45, 7) is 4.61. The smallest absolute Gasteiger partial charge is 0.183 e. The molecule has 3 nitrogen and oxygen atoms in total. The van der Waals surface area contributed by atoms with E-state index in [0.29, 0.717) is 18.9 Å². The van der Waals surface area contributed by atoms with Gasteiger partial charge in [0.05, 0.1) is 12.2 Å². The lowest BCUT2D eigenvalue weighted by atomic mass is 10.2. The van der Waals surface area contributed by atoms with Crippen molar-refractivity contribution >= 4 is 0 Å². The van der Waals surface area contributed by atoms with Crippen LogP contribution in [0.4, 0.5) is 4.39 Å². The van der Waals surface area contributed by atoms with Crippen LogP contribution in [-0.2, 0) is 6.54 Å². The van der Waals surface area contributed by atoms with Crippen molar-refractivity contribution in [3.63, 3.8) is 0 Å². The van der Waals surface area contributed by atoms with E-state index in [0.717, 1.165) is 11.8 Å². The highest BCUT2D eigenvalue weighted by Crippen LogP contribution is 2.23. The molecule has 0 spiro atoms. The first-order valence-electron chi connectivity index (χ1n) is 4.42. The van der Waals surface area contributed by atoms with Gasteiger partial charge in [0.2, 0.25) is 0 Å². The van der Waals surface area contributed by atoms with Gasteiger partial charge in [0.25, 0.3) is 0 Å². The summed E-state index contributed by atoms with van der Waals surface area (Å²) < 4.78 is 18.6. The number of ether oxygens (including phenoxy) is 1. The van der Waals surface area contributed by atoms with Crippen molar-refractivity contribution in [1.29, 1.82) is 0 Å². The SMILES string of the molecule is C=CC1COc2c(F)cncc2CN1. The number of nitrogens with zero attached hydrogens (tertiary/aromatic N) is 1. The van der Waals surface area contributed by atoms with Crippen molar-refractivity contribution in [2.45, 2.75) is 12.6 Å². The van der Waals surface area contributed by atoms with Crippen LogP contribution >= 0.6 is 0 Å². The van der Waals surface area contributed by atoms with Gasteiger partial charge in [-0.1, -0.05) is 6.08 Å². The van der Waals surface area contributed by atoms with E-state index in [-0.39, 0.29) is 6.04 Å². The van der Waals surface area contributed by atoms with Gasteiger partial charge in [0, 0.05) is 18.3 Å². The molecule has 1 aliphatic heterocycles. The maximum Gasteiger partial charge on any atom is 0.183 e. The summed E-state index contributed by atoms with van der Waals surface area (Å²) in [4.78, 5) is 3.77. The third-order valence-electron chi connectivity index (χ3n) is 2.17. The highest BCUT2D eigenvalue weighted by molar-refractivity contribution is 5.32. The number of rotatable bonds is 1. The zero-order chi connectivity index (χ0) is 9.97. The molecule has 1 unspecified atom stereocenters. The number of aromatic nitrogens is 1. The fraction of sp³-hybridized carbons (Fsp3) is 0.300. The maximum absolute atomic E-state index is 13.2. The Morgan fingerprint density at radius 1 is 1.64 bits per heavy atom. The standard InChI is InChI=1S/C10H11FN2O/c1-2-8-6-14-10-7(4-13-8)3-12-5-9(10)11/h2-3,5,8,13H,1,4,6H2. The fourth-order valence-corrected chi connectivity index (χ4v) is 1.38. The molecule has 0 amide bonds. The topological polar surface area (TPSA) is 34.1 Å². The van der Waals surface area contributed by atoms with Gasteiger partial charge in [0.1, 0.15) is 6.61 Å². The van der Waals surface area contributed by atoms with Crippen molar-refractivity contribution in [1.82, 2.24) is 10.3 Å². The molecule has 1 N–H and O–H groups in total. The third kappa shape index (κ3) is 1.61. The van der Waals surface area contributed by atoms with Gasteiger partial charge in [-0.2, -0.15) is 0 Å². The second-order valence-corrected chi connectivity index (χ2v) is 3.14. The van der Waals surface area contributed by atoms with E-state index in [4.69, 9.17) is 4.74 Å². The number of hydrogen-bond donors (Lipinski definition) is 1. The summed E-state index contributed by atoms with van der Waals surface area (Å²) in [7, 11) is 0. The molecule has 0 radical (unpaired) electrons. The summed E-state index contributed by atoms with van der Waals surface area (Å²) in [5.74, 6) is -0.106. The van der Waals surface area contributed by atoms with Crippen molar-refractivity contribution in [3.05, 3.63) is 36.4 Å². The average molecular weight is 194 g/mol. The molecule has 74 valence electrons. The highest BCUT2D eigenvalue weighted by atomic mass is 19.1. The van der Waals surface area contributed by atoms with Crippen LogP contribution in [0.15, 0.2) is 25.0 Å². The van der Waals surface area contributed by atoms with Crippen molar-refractivity contribution in [2.75, 3.05) is 6.61 Å². The Bertz CT molecular complexity index is 354.